The van der Waals surface area contributed by atoms with Gasteiger partial charge in [0.05, 0.1) is 35.7 Å². The Morgan fingerprint density at radius 3 is 2.18 bits per heavy atom. The van der Waals surface area contributed by atoms with E-state index < -0.39 is 0 Å². The Morgan fingerprint density at radius 2 is 1.56 bits per heavy atom. The van der Waals surface area contributed by atoms with Gasteiger partial charge in [0.25, 0.3) is 0 Å². The summed E-state index contributed by atoms with van der Waals surface area (Å²) in [5, 5.41) is 11.8. The van der Waals surface area contributed by atoms with Crippen LogP contribution in [-0.2, 0) is 6.54 Å². The molecule has 6 heteroatoms. The van der Waals surface area contributed by atoms with E-state index in [-0.39, 0.29) is 5.88 Å². The number of hydrogen-bond acceptors (Lipinski definition) is 5. The molecule has 3 aromatic carbocycles. The molecule has 1 aromatic heterocycles. The third-order valence-electron chi connectivity index (χ3n) is 5.40. The number of aromatic amines is 1. The van der Waals surface area contributed by atoms with Crippen LogP contribution in [0.25, 0.3) is 10.9 Å². The van der Waals surface area contributed by atoms with Crippen molar-refractivity contribution in [1.82, 2.24) is 9.88 Å². The summed E-state index contributed by atoms with van der Waals surface area (Å²) in [5.74, 6) is 1.33. The van der Waals surface area contributed by atoms with Crippen molar-refractivity contribution in [3.63, 3.8) is 0 Å². The topological polar surface area (TPSA) is 70.1 Å². The molecule has 176 valence electrons. The molecule has 0 atom stereocenters. The lowest BCUT2D eigenvalue weighted by Gasteiger charge is -2.12. The first-order valence-electron chi connectivity index (χ1n) is 11.5. The number of ether oxygens (including phenoxy) is 2. The van der Waals surface area contributed by atoms with Crippen molar-refractivity contribution in [2.75, 3.05) is 27.3 Å². The molecule has 0 saturated heterocycles. The first kappa shape index (κ1) is 23.4. The van der Waals surface area contributed by atoms with Gasteiger partial charge >= 0.3 is 0 Å². The lowest BCUT2D eigenvalue weighted by Crippen LogP contribution is -2.10. The number of rotatable bonds is 9. The van der Waals surface area contributed by atoms with E-state index in [1.807, 2.05) is 82.5 Å². The second-order valence-electron chi connectivity index (χ2n) is 8.29. The van der Waals surface area contributed by atoms with Gasteiger partial charge in [0.2, 0.25) is 0 Å². The van der Waals surface area contributed by atoms with Crippen LogP contribution in [0.4, 0.5) is 5.69 Å². The van der Waals surface area contributed by atoms with Crippen LogP contribution in [0.2, 0.25) is 0 Å². The van der Waals surface area contributed by atoms with E-state index in [9.17, 15) is 5.11 Å². The summed E-state index contributed by atoms with van der Waals surface area (Å²) in [5.41, 5.74) is 4.99. The number of benzene rings is 3. The summed E-state index contributed by atoms with van der Waals surface area (Å²) in [6.45, 7) is 5.76. The fraction of sp³-hybridized carbons (Fsp3) is 0.250. The Balaban J connectivity index is 1.88. The predicted molar refractivity (Wildman–Crippen MR) is 138 cm³/mol. The number of hydrogen-bond donors (Lipinski definition) is 2. The number of aliphatic imine (C=N–C) groups is 1. The van der Waals surface area contributed by atoms with Crippen LogP contribution in [0.15, 0.2) is 71.7 Å². The smallest absolute Gasteiger partial charge is 0.199 e. The SMILES string of the molecule is CCOc1cc2[nH]c(O)c(C(=Nc3ccc(CN(C)C)cc3)c3ccccc3)c2cc1OCC. The second kappa shape index (κ2) is 10.4. The van der Waals surface area contributed by atoms with Crippen molar-refractivity contribution in [2.45, 2.75) is 20.4 Å². The molecule has 0 bridgehead atoms. The summed E-state index contributed by atoms with van der Waals surface area (Å²) in [7, 11) is 4.10. The number of H-pyrrole nitrogens is 1. The van der Waals surface area contributed by atoms with Crippen molar-refractivity contribution < 1.29 is 14.6 Å². The van der Waals surface area contributed by atoms with Gasteiger partial charge in [0, 0.05) is 23.6 Å². The van der Waals surface area contributed by atoms with Crippen molar-refractivity contribution >= 4 is 22.3 Å². The minimum absolute atomic E-state index is 0.0536. The molecule has 0 saturated carbocycles. The van der Waals surface area contributed by atoms with Gasteiger partial charge in [-0.05, 0) is 51.7 Å². The third kappa shape index (κ3) is 5.07. The van der Waals surface area contributed by atoms with Crippen LogP contribution in [-0.4, -0.2) is 48.0 Å². The van der Waals surface area contributed by atoms with Gasteiger partial charge in [-0.3, -0.25) is 0 Å². The molecule has 0 unspecified atom stereocenters. The zero-order chi connectivity index (χ0) is 24.1. The van der Waals surface area contributed by atoms with Gasteiger partial charge in [0.1, 0.15) is 0 Å². The summed E-state index contributed by atoms with van der Waals surface area (Å²) >= 11 is 0. The van der Waals surface area contributed by atoms with Gasteiger partial charge in [-0.15, -0.1) is 0 Å². The van der Waals surface area contributed by atoms with Gasteiger partial charge < -0.3 is 24.5 Å². The number of aromatic hydroxyl groups is 1. The van der Waals surface area contributed by atoms with Crippen LogP contribution < -0.4 is 9.47 Å². The van der Waals surface area contributed by atoms with Gasteiger partial charge in [-0.1, -0.05) is 42.5 Å². The second-order valence-corrected chi connectivity index (χ2v) is 8.29. The van der Waals surface area contributed by atoms with Gasteiger partial charge in [0.15, 0.2) is 17.4 Å². The van der Waals surface area contributed by atoms with E-state index in [4.69, 9.17) is 14.5 Å². The first-order chi connectivity index (χ1) is 16.5. The Hall–Kier alpha value is -3.77. The highest BCUT2D eigenvalue weighted by atomic mass is 16.5. The molecule has 0 spiro atoms. The van der Waals surface area contributed by atoms with Crippen LogP contribution in [0.3, 0.4) is 0 Å². The Labute approximate surface area is 200 Å². The first-order valence-corrected chi connectivity index (χ1v) is 11.5. The highest BCUT2D eigenvalue weighted by Gasteiger charge is 2.21. The van der Waals surface area contributed by atoms with Gasteiger partial charge in [-0.2, -0.15) is 0 Å². The molecule has 1 heterocycles. The fourth-order valence-corrected chi connectivity index (χ4v) is 4.00. The molecule has 2 N–H and O–H groups in total. The molecule has 4 rings (SSSR count). The Kier molecular flexibility index (Phi) is 7.18. The van der Waals surface area contributed by atoms with E-state index >= 15 is 0 Å². The standard InChI is InChI=1S/C28H31N3O3/c1-5-33-24-16-22-23(17-25(24)34-6-2)30-28(32)26(22)27(20-10-8-7-9-11-20)29-21-14-12-19(13-15-21)18-31(3)4/h7-17,30,32H,5-6,18H2,1-4H3. The maximum atomic E-state index is 11.0. The molecule has 0 amide bonds. The molecule has 4 aromatic rings. The highest BCUT2D eigenvalue weighted by Crippen LogP contribution is 2.38. The lowest BCUT2D eigenvalue weighted by molar-refractivity contribution is 0.288. The molecule has 0 aliphatic heterocycles. The predicted octanol–water partition coefficient (Wildman–Crippen LogP) is 5.90. The Morgan fingerprint density at radius 1 is 0.912 bits per heavy atom. The molecule has 0 aliphatic rings. The molecule has 0 radical (unpaired) electrons. The van der Waals surface area contributed by atoms with Crippen molar-refractivity contribution in [2.24, 2.45) is 4.99 Å². The highest BCUT2D eigenvalue weighted by molar-refractivity contribution is 6.22. The van der Waals surface area contributed by atoms with Gasteiger partial charge in [-0.25, -0.2) is 4.99 Å². The summed E-state index contributed by atoms with van der Waals surface area (Å²) in [6, 6.07) is 21.8. The zero-order valence-electron chi connectivity index (χ0n) is 20.1. The van der Waals surface area contributed by atoms with Crippen LogP contribution in [0.1, 0.15) is 30.5 Å². The molecule has 6 nitrogen and oxygen atoms in total. The molecule has 34 heavy (non-hydrogen) atoms. The third-order valence-corrected chi connectivity index (χ3v) is 5.40. The quantitative estimate of drug-likeness (QED) is 0.307. The van der Waals surface area contributed by atoms with Crippen molar-refractivity contribution in [3.8, 4) is 17.4 Å². The fourth-order valence-electron chi connectivity index (χ4n) is 4.00. The average molecular weight is 458 g/mol. The molecule has 0 fully saturated rings. The molecule has 0 aliphatic carbocycles. The number of fused-ring (bicyclic) bond motifs is 1. The normalized spacial score (nSPS) is 11.9. The van der Waals surface area contributed by atoms with E-state index in [0.717, 1.165) is 28.7 Å². The minimum Gasteiger partial charge on any atom is -0.494 e. The van der Waals surface area contributed by atoms with Crippen LogP contribution >= 0.6 is 0 Å². The van der Waals surface area contributed by atoms with Crippen molar-refractivity contribution in [1.29, 1.82) is 0 Å². The molecular formula is C28H31N3O3. The summed E-state index contributed by atoms with van der Waals surface area (Å²) in [6.07, 6.45) is 0. The van der Waals surface area contributed by atoms with E-state index in [1.165, 1.54) is 5.56 Å². The zero-order valence-corrected chi connectivity index (χ0v) is 20.1. The maximum Gasteiger partial charge on any atom is 0.199 e. The van der Waals surface area contributed by atoms with Crippen LogP contribution in [0.5, 0.6) is 17.4 Å². The van der Waals surface area contributed by atoms with E-state index in [0.29, 0.717) is 36.0 Å². The van der Waals surface area contributed by atoms with E-state index in [1.54, 1.807) is 0 Å². The van der Waals surface area contributed by atoms with E-state index in [2.05, 4.69) is 22.0 Å². The number of nitrogens with zero attached hydrogens (tertiary/aromatic N) is 2. The minimum atomic E-state index is 0.0536. The van der Waals surface area contributed by atoms with Crippen molar-refractivity contribution in [3.05, 3.63) is 83.4 Å². The van der Waals surface area contributed by atoms with Crippen LogP contribution in [0, 0.1) is 0 Å². The summed E-state index contributed by atoms with van der Waals surface area (Å²) < 4.78 is 11.6. The lowest BCUT2D eigenvalue weighted by atomic mass is 10.0. The number of aromatic nitrogens is 1. The monoisotopic (exact) mass is 457 g/mol. The Bertz CT molecular complexity index is 1280. The average Bonchev–Trinajstić information content (AvgIpc) is 3.14. The maximum absolute atomic E-state index is 11.0. The number of nitrogens with one attached hydrogen (secondary N) is 1. The largest absolute Gasteiger partial charge is 0.494 e. The molecular weight excluding hydrogens is 426 g/mol. The summed E-state index contributed by atoms with van der Waals surface area (Å²) in [4.78, 5) is 10.2.